The zero-order valence-electron chi connectivity index (χ0n) is 20.3. The quantitative estimate of drug-likeness (QED) is 0.246. The predicted octanol–water partition coefficient (Wildman–Crippen LogP) is 5.62. The van der Waals surface area contributed by atoms with Gasteiger partial charge in [-0.3, -0.25) is 4.98 Å². The lowest BCUT2D eigenvalue weighted by molar-refractivity contribution is 0.262. The first-order valence-corrected chi connectivity index (χ1v) is 11.7. The molecule has 12 heteroatoms. The second-order valence-corrected chi connectivity index (χ2v) is 8.21. The van der Waals surface area contributed by atoms with E-state index in [1.165, 1.54) is 13.4 Å². The number of fused-ring (bicyclic) bond motifs is 1. The number of rotatable bonds is 7. The Balaban J connectivity index is 1.44. The maximum absolute atomic E-state index is 12.8. The van der Waals surface area contributed by atoms with E-state index in [-0.39, 0.29) is 0 Å². The smallest absolute Gasteiger partial charge is 0.323 e. The highest BCUT2D eigenvalue weighted by atomic mass is 35.5. The highest BCUT2D eigenvalue weighted by Gasteiger charge is 2.16. The lowest BCUT2D eigenvalue weighted by atomic mass is 10.1. The standard InChI is InChI=1S/C26H21ClN8O3/c1-28-25-32-14-31-23(35-25)17-6-4-12-30-24(17)38-21-10-8-18(16-5-3-11-29-22(16)21)33-26(36)34-19-13-15(27)7-9-20(19)37-2/h3-14H,1-2H3,(H2,33,34,36)(H,28,31,32,35). The fraction of sp³-hybridized carbons (Fsp3) is 0.0769. The molecule has 2 amide bonds. The maximum atomic E-state index is 12.8. The number of carbonyl (C=O) groups excluding carboxylic acids is 1. The number of amides is 2. The predicted molar refractivity (Wildman–Crippen MR) is 145 cm³/mol. The van der Waals surface area contributed by atoms with Gasteiger partial charge in [0, 0.05) is 29.9 Å². The zero-order chi connectivity index (χ0) is 26.5. The second-order valence-electron chi connectivity index (χ2n) is 7.78. The molecule has 0 radical (unpaired) electrons. The van der Waals surface area contributed by atoms with Crippen molar-refractivity contribution in [3.8, 4) is 28.8 Å². The number of aromatic nitrogens is 5. The molecule has 0 spiro atoms. The van der Waals surface area contributed by atoms with Gasteiger partial charge in [0.15, 0.2) is 11.6 Å². The van der Waals surface area contributed by atoms with Crippen molar-refractivity contribution >= 4 is 45.9 Å². The van der Waals surface area contributed by atoms with Crippen LogP contribution in [0.25, 0.3) is 22.3 Å². The summed E-state index contributed by atoms with van der Waals surface area (Å²) < 4.78 is 11.5. The number of halogens is 1. The van der Waals surface area contributed by atoms with Crippen molar-refractivity contribution < 1.29 is 14.3 Å². The Morgan fingerprint density at radius 2 is 1.68 bits per heavy atom. The lowest BCUT2D eigenvalue weighted by Crippen LogP contribution is -2.20. The number of nitrogens with one attached hydrogen (secondary N) is 3. The average molecular weight is 529 g/mol. The van der Waals surface area contributed by atoms with E-state index in [2.05, 4.69) is 40.9 Å². The normalized spacial score (nSPS) is 10.6. The molecule has 190 valence electrons. The van der Waals surface area contributed by atoms with Gasteiger partial charge >= 0.3 is 6.03 Å². The fourth-order valence-electron chi connectivity index (χ4n) is 3.68. The van der Waals surface area contributed by atoms with Crippen LogP contribution >= 0.6 is 11.6 Å². The lowest BCUT2D eigenvalue weighted by Gasteiger charge is -2.15. The molecule has 0 aliphatic heterocycles. The molecule has 0 fully saturated rings. The summed E-state index contributed by atoms with van der Waals surface area (Å²) in [5, 5.41) is 9.62. The van der Waals surface area contributed by atoms with Crippen molar-refractivity contribution in [1.29, 1.82) is 0 Å². The van der Waals surface area contributed by atoms with Crippen LogP contribution in [0.15, 0.2) is 73.3 Å². The first-order valence-electron chi connectivity index (χ1n) is 11.3. The summed E-state index contributed by atoms with van der Waals surface area (Å²) in [5.41, 5.74) is 2.06. The molecule has 0 unspecified atom stereocenters. The molecule has 2 aromatic carbocycles. The van der Waals surface area contributed by atoms with Gasteiger partial charge in [0.2, 0.25) is 11.8 Å². The molecule has 3 heterocycles. The number of carbonyl (C=O) groups is 1. The number of anilines is 3. The highest BCUT2D eigenvalue weighted by molar-refractivity contribution is 6.31. The van der Waals surface area contributed by atoms with Crippen molar-refractivity contribution in [3.05, 3.63) is 78.3 Å². The zero-order valence-corrected chi connectivity index (χ0v) is 21.0. The minimum Gasteiger partial charge on any atom is -0.495 e. The topological polar surface area (TPSA) is 136 Å². The van der Waals surface area contributed by atoms with Gasteiger partial charge in [0.1, 0.15) is 17.6 Å². The summed E-state index contributed by atoms with van der Waals surface area (Å²) in [4.78, 5) is 34.4. The van der Waals surface area contributed by atoms with Gasteiger partial charge in [0.25, 0.3) is 0 Å². The summed E-state index contributed by atoms with van der Waals surface area (Å²) in [6.45, 7) is 0. The minimum atomic E-state index is -0.480. The molecule has 3 N–H and O–H groups in total. The van der Waals surface area contributed by atoms with Crippen LogP contribution in [0.4, 0.5) is 22.1 Å². The first-order chi connectivity index (χ1) is 18.6. The van der Waals surface area contributed by atoms with E-state index in [0.29, 0.717) is 62.0 Å². The van der Waals surface area contributed by atoms with E-state index in [1.807, 2.05) is 6.07 Å². The molecular formula is C26H21ClN8O3. The van der Waals surface area contributed by atoms with Gasteiger partial charge in [-0.1, -0.05) is 11.6 Å². The van der Waals surface area contributed by atoms with Gasteiger partial charge in [0.05, 0.1) is 24.0 Å². The number of methoxy groups -OCH3 is 1. The van der Waals surface area contributed by atoms with Crippen molar-refractivity contribution in [3.63, 3.8) is 0 Å². The number of nitrogens with zero attached hydrogens (tertiary/aromatic N) is 5. The van der Waals surface area contributed by atoms with E-state index in [4.69, 9.17) is 21.1 Å². The number of urea groups is 1. The Bertz CT molecular complexity index is 1630. The Hall–Kier alpha value is -5.03. The van der Waals surface area contributed by atoms with Crippen molar-refractivity contribution in [1.82, 2.24) is 24.9 Å². The van der Waals surface area contributed by atoms with E-state index in [1.54, 1.807) is 68.0 Å². The minimum absolute atomic E-state index is 0.291. The van der Waals surface area contributed by atoms with E-state index < -0.39 is 6.03 Å². The van der Waals surface area contributed by atoms with Gasteiger partial charge in [-0.05, 0) is 54.6 Å². The van der Waals surface area contributed by atoms with Crippen molar-refractivity contribution in [2.75, 3.05) is 30.1 Å². The van der Waals surface area contributed by atoms with E-state index in [9.17, 15) is 4.79 Å². The number of benzene rings is 2. The summed E-state index contributed by atoms with van der Waals surface area (Å²) >= 11 is 6.08. The molecule has 11 nitrogen and oxygen atoms in total. The van der Waals surface area contributed by atoms with Crippen LogP contribution in [0.3, 0.4) is 0 Å². The molecule has 0 aliphatic carbocycles. The Morgan fingerprint density at radius 3 is 2.53 bits per heavy atom. The molecule has 5 aromatic rings. The number of hydrogen-bond donors (Lipinski definition) is 3. The Labute approximate surface area is 222 Å². The molecule has 0 saturated carbocycles. The van der Waals surface area contributed by atoms with Crippen LogP contribution in [0.5, 0.6) is 17.4 Å². The highest BCUT2D eigenvalue weighted by Crippen LogP contribution is 2.36. The molecular weight excluding hydrogens is 508 g/mol. The van der Waals surface area contributed by atoms with E-state index >= 15 is 0 Å². The van der Waals surface area contributed by atoms with Crippen molar-refractivity contribution in [2.45, 2.75) is 0 Å². The molecule has 0 saturated heterocycles. The largest absolute Gasteiger partial charge is 0.495 e. The fourth-order valence-corrected chi connectivity index (χ4v) is 3.86. The SMILES string of the molecule is CNc1ncnc(-c2cccnc2Oc2ccc(NC(=O)Nc3cc(Cl)ccc3OC)c3cccnc23)n1. The van der Waals surface area contributed by atoms with Crippen molar-refractivity contribution in [2.24, 2.45) is 0 Å². The molecule has 5 rings (SSSR count). The third-order valence-corrected chi connectivity index (χ3v) is 5.64. The molecule has 0 atom stereocenters. The summed E-state index contributed by atoms with van der Waals surface area (Å²) in [6, 6.07) is 15.1. The monoisotopic (exact) mass is 528 g/mol. The molecule has 3 aromatic heterocycles. The van der Waals surface area contributed by atoms with Crippen LogP contribution in [0.2, 0.25) is 5.02 Å². The summed E-state index contributed by atoms with van der Waals surface area (Å²) in [7, 11) is 3.23. The summed E-state index contributed by atoms with van der Waals surface area (Å²) in [5.74, 6) is 2.02. The van der Waals surface area contributed by atoms with Crippen LogP contribution < -0.4 is 25.4 Å². The van der Waals surface area contributed by atoms with Gasteiger partial charge in [-0.2, -0.15) is 4.98 Å². The van der Waals surface area contributed by atoms with Crippen LogP contribution in [-0.4, -0.2) is 45.1 Å². The van der Waals surface area contributed by atoms with Gasteiger partial charge in [-0.15, -0.1) is 0 Å². The third-order valence-electron chi connectivity index (χ3n) is 5.40. The summed E-state index contributed by atoms with van der Waals surface area (Å²) in [6.07, 6.45) is 4.66. The first kappa shape index (κ1) is 24.7. The van der Waals surface area contributed by atoms with Gasteiger partial charge in [-0.25, -0.2) is 19.7 Å². The van der Waals surface area contributed by atoms with E-state index in [0.717, 1.165) is 0 Å². The number of ether oxygens (including phenoxy) is 2. The Morgan fingerprint density at radius 1 is 0.895 bits per heavy atom. The second kappa shape index (κ2) is 10.9. The maximum Gasteiger partial charge on any atom is 0.323 e. The molecule has 38 heavy (non-hydrogen) atoms. The third kappa shape index (κ3) is 5.22. The Kier molecular flexibility index (Phi) is 7.09. The van der Waals surface area contributed by atoms with Crippen LogP contribution in [0.1, 0.15) is 0 Å². The van der Waals surface area contributed by atoms with Crippen LogP contribution in [0, 0.1) is 0 Å². The van der Waals surface area contributed by atoms with Crippen LogP contribution in [-0.2, 0) is 0 Å². The molecule has 0 aliphatic rings. The molecule has 0 bridgehead atoms. The average Bonchev–Trinajstić information content (AvgIpc) is 2.95. The number of pyridine rings is 2. The van der Waals surface area contributed by atoms with Gasteiger partial charge < -0.3 is 25.4 Å². The number of hydrogen-bond acceptors (Lipinski definition) is 9.